The van der Waals surface area contributed by atoms with Gasteiger partial charge < -0.3 is 4.55 Å². The smallest absolute Gasteiger partial charge is 0.743 e. The summed E-state index contributed by atoms with van der Waals surface area (Å²) in [6, 6.07) is 0. The predicted octanol–water partition coefficient (Wildman–Crippen LogP) is 1.78. The third-order valence-electron chi connectivity index (χ3n) is 3.38. The van der Waals surface area contributed by atoms with Gasteiger partial charge in [0.2, 0.25) is 0 Å². The van der Waals surface area contributed by atoms with Gasteiger partial charge in [-0.1, -0.05) is 39.0 Å². The third kappa shape index (κ3) is 6.24. The van der Waals surface area contributed by atoms with E-state index in [1.807, 2.05) is 6.92 Å². The number of unbranched alkanes of at least 4 members (excludes halogenated alkanes) is 5. The number of rotatable bonds is 11. The second-order valence-electron chi connectivity index (χ2n) is 5.34. The molecule has 0 aromatic rings. The van der Waals surface area contributed by atoms with E-state index < -0.39 is 46.0 Å². The molecular weight excluding hydrogens is 415 g/mol. The fourth-order valence-electron chi connectivity index (χ4n) is 1.85. The first kappa shape index (κ1) is 28.2. The van der Waals surface area contributed by atoms with Crippen molar-refractivity contribution >= 4 is 10.1 Å². The minimum atomic E-state index is -7.29. The van der Waals surface area contributed by atoms with Crippen molar-refractivity contribution in [1.29, 1.82) is 0 Å². The molecule has 0 aromatic carbocycles. The van der Waals surface area contributed by atoms with Crippen molar-refractivity contribution in [3.63, 3.8) is 0 Å². The van der Waals surface area contributed by atoms with Gasteiger partial charge in [-0.2, -0.15) is 35.1 Å². The standard InChI is InChI=1S/C12H18F8O3S.K/c1-2-3-4-5-6-7-8-9(13,14)10(15,16)11(17,18)12(19,20)24(21,22)23;/h2-8H2,1H3,(H,21,22,23);/q;+1/p-1. The van der Waals surface area contributed by atoms with Crippen molar-refractivity contribution < 1.29 is 99.5 Å². The van der Waals surface area contributed by atoms with Crippen LogP contribution in [0.2, 0.25) is 0 Å². The predicted molar refractivity (Wildman–Crippen MR) is 67.5 cm³/mol. The Bertz CT molecular complexity index is 510. The Morgan fingerprint density at radius 1 is 0.760 bits per heavy atom. The molecule has 0 aromatic heterocycles. The summed E-state index contributed by atoms with van der Waals surface area (Å²) in [6.07, 6.45) is -0.0161. The van der Waals surface area contributed by atoms with Gasteiger partial charge in [-0.3, -0.25) is 0 Å². The van der Waals surface area contributed by atoms with Crippen LogP contribution in [-0.2, 0) is 10.1 Å². The van der Waals surface area contributed by atoms with Crippen LogP contribution in [0.25, 0.3) is 0 Å². The summed E-state index contributed by atoms with van der Waals surface area (Å²) in [5.74, 6) is -19.4. The summed E-state index contributed by atoms with van der Waals surface area (Å²) in [5.41, 5.74) is 0. The Kier molecular flexibility index (Phi) is 11.2. The van der Waals surface area contributed by atoms with E-state index in [4.69, 9.17) is 0 Å². The van der Waals surface area contributed by atoms with Gasteiger partial charge in [-0.05, 0) is 6.42 Å². The van der Waals surface area contributed by atoms with Crippen LogP contribution in [-0.4, -0.2) is 36.0 Å². The summed E-state index contributed by atoms with van der Waals surface area (Å²) in [7, 11) is -7.29. The van der Waals surface area contributed by atoms with E-state index in [1.165, 1.54) is 0 Å². The number of halogens is 8. The maximum absolute atomic E-state index is 13.3. The van der Waals surface area contributed by atoms with Crippen molar-refractivity contribution in [2.75, 3.05) is 0 Å². The van der Waals surface area contributed by atoms with E-state index >= 15 is 0 Å². The minimum Gasteiger partial charge on any atom is -0.743 e. The summed E-state index contributed by atoms with van der Waals surface area (Å²) >= 11 is 0. The van der Waals surface area contributed by atoms with E-state index in [2.05, 4.69) is 0 Å². The van der Waals surface area contributed by atoms with Crippen LogP contribution in [0.3, 0.4) is 0 Å². The van der Waals surface area contributed by atoms with Crippen molar-refractivity contribution in [3.8, 4) is 0 Å². The maximum Gasteiger partial charge on any atom is 1.00 e. The van der Waals surface area contributed by atoms with E-state index in [0.29, 0.717) is 12.8 Å². The molecule has 0 fully saturated rings. The zero-order chi connectivity index (χ0) is 19.4. The first-order valence-electron chi connectivity index (χ1n) is 7.03. The van der Waals surface area contributed by atoms with Crippen LogP contribution in [0.1, 0.15) is 51.9 Å². The van der Waals surface area contributed by atoms with Crippen molar-refractivity contribution in [2.24, 2.45) is 0 Å². The second kappa shape index (κ2) is 9.96. The molecule has 0 bridgehead atoms. The average molecular weight is 432 g/mol. The molecule has 3 nitrogen and oxygen atoms in total. The molecule has 0 spiro atoms. The van der Waals surface area contributed by atoms with E-state index in [0.717, 1.165) is 12.8 Å². The zero-order valence-electron chi connectivity index (χ0n) is 13.6. The first-order valence-corrected chi connectivity index (χ1v) is 8.43. The normalized spacial score (nSPS) is 14.3. The van der Waals surface area contributed by atoms with Crippen LogP contribution in [0.4, 0.5) is 35.1 Å². The molecule has 13 heteroatoms. The molecule has 0 saturated carbocycles. The Balaban J connectivity index is 0. The van der Waals surface area contributed by atoms with Gasteiger partial charge in [0.05, 0.1) is 0 Å². The van der Waals surface area contributed by atoms with Crippen molar-refractivity contribution in [3.05, 3.63) is 0 Å². The monoisotopic (exact) mass is 432 g/mol. The molecular formula is C12H17F8KO3S. The van der Waals surface area contributed by atoms with Gasteiger partial charge in [0.25, 0.3) is 0 Å². The molecule has 0 aliphatic heterocycles. The topological polar surface area (TPSA) is 57.2 Å². The molecule has 146 valence electrons. The largest absolute Gasteiger partial charge is 1.00 e. The molecule has 0 heterocycles. The molecule has 0 aliphatic rings. The summed E-state index contributed by atoms with van der Waals surface area (Å²) in [5, 5.41) is -6.88. The quantitative estimate of drug-likeness (QED) is 0.217. The Labute approximate surface area is 183 Å². The van der Waals surface area contributed by atoms with Crippen LogP contribution >= 0.6 is 0 Å². The Morgan fingerprint density at radius 2 is 1.16 bits per heavy atom. The maximum atomic E-state index is 13.3. The molecule has 0 aliphatic carbocycles. The van der Waals surface area contributed by atoms with E-state index in [-0.39, 0.29) is 57.8 Å². The molecule has 25 heavy (non-hydrogen) atoms. The first-order chi connectivity index (χ1) is 10.6. The van der Waals surface area contributed by atoms with Crippen LogP contribution in [0.15, 0.2) is 0 Å². The van der Waals surface area contributed by atoms with Crippen LogP contribution in [0, 0.1) is 0 Å². The average Bonchev–Trinajstić information content (AvgIpc) is 2.40. The molecule has 0 saturated heterocycles. The fraction of sp³-hybridized carbons (Fsp3) is 1.00. The third-order valence-corrected chi connectivity index (χ3v) is 4.26. The molecule has 0 unspecified atom stereocenters. The fourth-order valence-corrected chi connectivity index (χ4v) is 2.30. The summed E-state index contributed by atoms with van der Waals surface area (Å²) in [4.78, 5) is 0. The van der Waals surface area contributed by atoms with Gasteiger partial charge in [-0.15, -0.1) is 0 Å². The summed E-state index contributed by atoms with van der Waals surface area (Å²) in [6.45, 7) is 1.85. The molecule has 0 radical (unpaired) electrons. The van der Waals surface area contributed by atoms with Crippen molar-refractivity contribution in [1.82, 2.24) is 0 Å². The van der Waals surface area contributed by atoms with E-state index in [1.54, 1.807) is 0 Å². The van der Waals surface area contributed by atoms with Gasteiger partial charge in [0.15, 0.2) is 10.1 Å². The van der Waals surface area contributed by atoms with Gasteiger partial charge in [0.1, 0.15) is 0 Å². The SMILES string of the molecule is CCCCCCCCC(F)(F)C(F)(F)C(F)(F)C(F)(F)S(=O)(=O)[O-].[K+]. The number of alkyl halides is 8. The minimum absolute atomic E-state index is 0. The van der Waals surface area contributed by atoms with Crippen LogP contribution in [0.5, 0.6) is 0 Å². The molecule has 0 atom stereocenters. The summed E-state index contributed by atoms with van der Waals surface area (Å²) < 4.78 is 135. The van der Waals surface area contributed by atoms with Crippen LogP contribution < -0.4 is 51.4 Å². The van der Waals surface area contributed by atoms with Crippen molar-refractivity contribution in [2.45, 2.75) is 74.9 Å². The van der Waals surface area contributed by atoms with Gasteiger partial charge in [0, 0.05) is 6.42 Å². The number of hydrogen-bond donors (Lipinski definition) is 0. The second-order valence-corrected chi connectivity index (χ2v) is 6.76. The Morgan fingerprint density at radius 3 is 1.56 bits per heavy atom. The molecule has 0 rings (SSSR count). The van der Waals surface area contributed by atoms with E-state index in [9.17, 15) is 48.1 Å². The number of hydrogen-bond acceptors (Lipinski definition) is 3. The molecule has 0 N–H and O–H groups in total. The van der Waals surface area contributed by atoms with Gasteiger partial charge >= 0.3 is 74.4 Å². The zero-order valence-corrected chi connectivity index (χ0v) is 17.5. The van der Waals surface area contributed by atoms with Gasteiger partial charge in [-0.25, -0.2) is 8.42 Å². The molecule has 0 amide bonds. The Hall–Kier alpha value is 0.986.